The van der Waals surface area contributed by atoms with Gasteiger partial charge in [0.15, 0.2) is 0 Å². The average molecular weight is 376 g/mol. The smallest absolute Gasteiger partial charge is 0.242 e. The van der Waals surface area contributed by atoms with Crippen LogP contribution >= 0.6 is 0 Å². The van der Waals surface area contributed by atoms with Crippen LogP contribution in [0.3, 0.4) is 0 Å². The fraction of sp³-hybridized carbons (Fsp3) is 0.316. The molecular formula is C19H21FN2O3S. The van der Waals surface area contributed by atoms with Crippen LogP contribution in [0, 0.1) is 11.7 Å². The molecule has 1 fully saturated rings. The Hall–Kier alpha value is -2.25. The second kappa shape index (κ2) is 7.17. The molecule has 0 saturated heterocycles. The van der Waals surface area contributed by atoms with Gasteiger partial charge in [-0.15, -0.1) is 0 Å². The predicted octanol–water partition coefficient (Wildman–Crippen LogP) is 2.50. The first kappa shape index (κ1) is 18.5. The molecule has 5 nitrogen and oxygen atoms in total. The minimum absolute atomic E-state index is 0.114. The second-order valence-corrected chi connectivity index (χ2v) is 8.70. The van der Waals surface area contributed by atoms with Crippen LogP contribution in [0.1, 0.15) is 23.5 Å². The van der Waals surface area contributed by atoms with Gasteiger partial charge >= 0.3 is 0 Å². The van der Waals surface area contributed by atoms with E-state index in [1.54, 1.807) is 36.4 Å². The number of hydrogen-bond acceptors (Lipinski definition) is 3. The maximum absolute atomic E-state index is 13.8. The Bertz CT molecular complexity index is 928. The number of carbonyl (C=O) groups is 1. The number of nitrogens with one attached hydrogen (secondary N) is 1. The van der Waals surface area contributed by atoms with E-state index in [1.807, 2.05) is 0 Å². The van der Waals surface area contributed by atoms with E-state index in [4.69, 9.17) is 0 Å². The summed E-state index contributed by atoms with van der Waals surface area (Å²) in [6.07, 6.45) is 0.602. The molecule has 1 saturated carbocycles. The summed E-state index contributed by atoms with van der Waals surface area (Å²) in [5.74, 6) is -0.869. The van der Waals surface area contributed by atoms with Crippen molar-refractivity contribution in [3.63, 3.8) is 0 Å². The molecule has 2 atom stereocenters. The van der Waals surface area contributed by atoms with Gasteiger partial charge in [0.2, 0.25) is 15.9 Å². The largest absolute Gasteiger partial charge is 0.352 e. The molecule has 0 heterocycles. The molecule has 1 aliphatic carbocycles. The van der Waals surface area contributed by atoms with Crippen molar-refractivity contribution in [3.8, 4) is 0 Å². The fourth-order valence-electron chi connectivity index (χ4n) is 3.02. The van der Waals surface area contributed by atoms with Crippen molar-refractivity contribution < 1.29 is 17.6 Å². The minimum Gasteiger partial charge on any atom is -0.352 e. The van der Waals surface area contributed by atoms with Gasteiger partial charge in [-0.1, -0.05) is 36.4 Å². The van der Waals surface area contributed by atoms with Crippen LogP contribution in [-0.4, -0.2) is 32.7 Å². The average Bonchev–Trinajstić information content (AvgIpc) is 3.40. The maximum atomic E-state index is 13.8. The summed E-state index contributed by atoms with van der Waals surface area (Å²) in [6, 6.07) is 13.1. The molecule has 26 heavy (non-hydrogen) atoms. The van der Waals surface area contributed by atoms with Crippen molar-refractivity contribution in [1.29, 1.82) is 0 Å². The van der Waals surface area contributed by atoms with Crippen molar-refractivity contribution in [2.45, 2.75) is 23.8 Å². The summed E-state index contributed by atoms with van der Waals surface area (Å²) in [4.78, 5) is 12.5. The van der Waals surface area contributed by atoms with Crippen LogP contribution in [0.5, 0.6) is 0 Å². The lowest BCUT2D eigenvalue weighted by atomic mass is 10.1. The van der Waals surface area contributed by atoms with Crippen molar-refractivity contribution in [3.05, 3.63) is 65.5 Å². The van der Waals surface area contributed by atoms with Gasteiger partial charge in [0.05, 0.1) is 4.90 Å². The van der Waals surface area contributed by atoms with Crippen LogP contribution in [-0.2, 0) is 21.4 Å². The third-order valence-corrected chi connectivity index (χ3v) is 6.53. The third-order valence-electron chi connectivity index (χ3n) is 4.62. The maximum Gasteiger partial charge on any atom is 0.242 e. The summed E-state index contributed by atoms with van der Waals surface area (Å²) in [5.41, 5.74) is 1.08. The molecule has 0 spiro atoms. The summed E-state index contributed by atoms with van der Waals surface area (Å²) in [7, 11) is -0.655. The molecule has 0 unspecified atom stereocenters. The number of rotatable bonds is 6. The summed E-state index contributed by atoms with van der Waals surface area (Å²) < 4.78 is 39.7. The molecule has 0 aromatic heterocycles. The Kier molecular flexibility index (Phi) is 5.11. The number of sulfonamides is 1. The number of nitrogens with zero attached hydrogens (tertiary/aromatic N) is 1. The lowest BCUT2D eigenvalue weighted by molar-refractivity contribution is -0.122. The van der Waals surface area contributed by atoms with Crippen molar-refractivity contribution >= 4 is 15.9 Å². The number of halogens is 1. The summed E-state index contributed by atoms with van der Waals surface area (Å²) >= 11 is 0. The van der Waals surface area contributed by atoms with Gasteiger partial charge in [-0.05, 0) is 35.6 Å². The van der Waals surface area contributed by atoms with Crippen LogP contribution in [0.2, 0.25) is 0 Å². The summed E-state index contributed by atoms with van der Waals surface area (Å²) in [6.45, 7) is 0.114. The molecule has 0 radical (unpaired) electrons. The molecular weight excluding hydrogens is 355 g/mol. The Balaban J connectivity index is 1.68. The zero-order chi connectivity index (χ0) is 18.9. The molecule has 1 N–H and O–H groups in total. The predicted molar refractivity (Wildman–Crippen MR) is 96.4 cm³/mol. The molecule has 2 aromatic carbocycles. The molecule has 0 aliphatic heterocycles. The number of amides is 1. The van der Waals surface area contributed by atoms with Gasteiger partial charge in [-0.25, -0.2) is 17.1 Å². The highest BCUT2D eigenvalue weighted by Gasteiger charge is 2.45. The second-order valence-electron chi connectivity index (χ2n) is 6.58. The lowest BCUT2D eigenvalue weighted by Crippen LogP contribution is -2.28. The van der Waals surface area contributed by atoms with E-state index in [0.717, 1.165) is 4.31 Å². The van der Waals surface area contributed by atoms with E-state index in [1.165, 1.54) is 26.2 Å². The van der Waals surface area contributed by atoms with E-state index < -0.39 is 10.0 Å². The van der Waals surface area contributed by atoms with Crippen LogP contribution in [0.15, 0.2) is 53.4 Å². The number of hydrogen-bond donors (Lipinski definition) is 1. The van der Waals surface area contributed by atoms with Crippen molar-refractivity contribution in [1.82, 2.24) is 9.62 Å². The highest BCUT2D eigenvalue weighted by atomic mass is 32.2. The number of carbonyl (C=O) groups excluding carboxylic acids is 1. The normalized spacial score (nSPS) is 19.4. The lowest BCUT2D eigenvalue weighted by Gasteiger charge is -2.15. The van der Waals surface area contributed by atoms with Crippen molar-refractivity contribution in [2.24, 2.45) is 5.92 Å². The molecule has 138 valence electrons. The monoisotopic (exact) mass is 376 g/mol. The van der Waals surface area contributed by atoms with Crippen LogP contribution < -0.4 is 5.32 Å². The van der Waals surface area contributed by atoms with Gasteiger partial charge in [0, 0.05) is 26.6 Å². The molecule has 0 bridgehead atoms. The first-order chi connectivity index (χ1) is 12.3. The van der Waals surface area contributed by atoms with Crippen LogP contribution in [0.4, 0.5) is 4.39 Å². The zero-order valence-electron chi connectivity index (χ0n) is 14.6. The van der Waals surface area contributed by atoms with Gasteiger partial charge in [0.1, 0.15) is 5.82 Å². The van der Waals surface area contributed by atoms with Gasteiger partial charge in [0.25, 0.3) is 0 Å². The Morgan fingerprint density at radius 3 is 2.50 bits per heavy atom. The minimum atomic E-state index is -3.59. The highest BCUT2D eigenvalue weighted by Crippen LogP contribution is 2.48. The van der Waals surface area contributed by atoms with Crippen LogP contribution in [0.25, 0.3) is 0 Å². The van der Waals surface area contributed by atoms with E-state index in [-0.39, 0.29) is 35.0 Å². The Morgan fingerprint density at radius 1 is 1.15 bits per heavy atom. The Labute approximate surface area is 152 Å². The molecule has 1 amide bonds. The standard InChI is InChI=1S/C19H21FN2O3S/c1-22(2)26(24,25)18-10-6-3-7-13(18)12-21-19(23)16-11-15(16)14-8-4-5-9-17(14)20/h3-10,15-16H,11-12H2,1-2H3,(H,21,23)/t15-,16+/m0/s1. The van der Waals surface area contributed by atoms with Crippen molar-refractivity contribution in [2.75, 3.05) is 14.1 Å². The molecule has 3 rings (SSSR count). The first-order valence-corrected chi connectivity index (χ1v) is 9.79. The van der Waals surface area contributed by atoms with Gasteiger partial charge in [-0.2, -0.15) is 0 Å². The fourth-order valence-corrected chi connectivity index (χ4v) is 4.13. The molecule has 1 aliphatic rings. The van der Waals surface area contributed by atoms with E-state index in [0.29, 0.717) is 17.5 Å². The first-order valence-electron chi connectivity index (χ1n) is 8.35. The number of benzene rings is 2. The molecule has 2 aromatic rings. The topological polar surface area (TPSA) is 66.5 Å². The Morgan fingerprint density at radius 2 is 1.81 bits per heavy atom. The van der Waals surface area contributed by atoms with Gasteiger partial charge < -0.3 is 5.32 Å². The van der Waals surface area contributed by atoms with E-state index in [9.17, 15) is 17.6 Å². The van der Waals surface area contributed by atoms with E-state index >= 15 is 0 Å². The molecule has 7 heteroatoms. The zero-order valence-corrected chi connectivity index (χ0v) is 15.5. The quantitative estimate of drug-likeness (QED) is 0.842. The van der Waals surface area contributed by atoms with Gasteiger partial charge in [-0.3, -0.25) is 4.79 Å². The highest BCUT2D eigenvalue weighted by molar-refractivity contribution is 7.89. The third kappa shape index (κ3) is 3.64. The summed E-state index contributed by atoms with van der Waals surface area (Å²) in [5, 5.41) is 2.79. The van der Waals surface area contributed by atoms with E-state index in [2.05, 4.69) is 5.32 Å². The SMILES string of the molecule is CN(C)S(=O)(=O)c1ccccc1CNC(=O)[C@@H]1C[C@H]1c1ccccc1F.